The lowest BCUT2D eigenvalue weighted by atomic mass is 10.3. The highest BCUT2D eigenvalue weighted by molar-refractivity contribution is 9.10. The molecule has 0 saturated carbocycles. The summed E-state index contributed by atoms with van der Waals surface area (Å²) in [6.07, 6.45) is 2.39. The van der Waals surface area contributed by atoms with Gasteiger partial charge in [-0.15, -0.1) is 5.10 Å². The highest BCUT2D eigenvalue weighted by Crippen LogP contribution is 2.37. The van der Waals surface area contributed by atoms with Crippen LogP contribution in [0.25, 0.3) is 16.7 Å². The van der Waals surface area contributed by atoms with Gasteiger partial charge in [-0.2, -0.15) is 10.1 Å². The van der Waals surface area contributed by atoms with Gasteiger partial charge < -0.3 is 10.1 Å². The monoisotopic (exact) mass is 474 g/mol. The van der Waals surface area contributed by atoms with Gasteiger partial charge in [-0.3, -0.25) is 4.98 Å². The van der Waals surface area contributed by atoms with Crippen LogP contribution in [0.3, 0.4) is 0 Å². The van der Waals surface area contributed by atoms with E-state index in [2.05, 4.69) is 46.4 Å². The van der Waals surface area contributed by atoms with Gasteiger partial charge in [0.15, 0.2) is 10.8 Å². The second kappa shape index (κ2) is 6.96. The van der Waals surface area contributed by atoms with Crippen LogP contribution in [0.4, 0.5) is 11.6 Å². The highest BCUT2D eigenvalue weighted by Gasteiger charge is 2.22. The Morgan fingerprint density at radius 1 is 1.21 bits per heavy atom. The molecule has 9 nitrogen and oxygen atoms in total. The Balaban J connectivity index is 1.64. The molecule has 4 aromatic rings. The zero-order valence-electron chi connectivity index (χ0n) is 15.6. The third-order valence-corrected chi connectivity index (χ3v) is 5.67. The molecule has 0 amide bonds. The first-order valence-corrected chi connectivity index (χ1v) is 10.2. The minimum atomic E-state index is 0.390. The summed E-state index contributed by atoms with van der Waals surface area (Å²) in [7, 11) is 0. The molecule has 29 heavy (non-hydrogen) atoms. The Morgan fingerprint density at radius 2 is 2.07 bits per heavy atom. The summed E-state index contributed by atoms with van der Waals surface area (Å²) in [5.74, 6) is 0.860. The smallest absolute Gasteiger partial charge is 0.258 e. The predicted molar refractivity (Wildman–Crippen MR) is 112 cm³/mol. The molecule has 0 radical (unpaired) electrons. The fourth-order valence-electron chi connectivity index (χ4n) is 3.28. The molecule has 4 aromatic heterocycles. The Kier molecular flexibility index (Phi) is 4.39. The van der Waals surface area contributed by atoms with Crippen molar-refractivity contribution in [2.45, 2.75) is 26.8 Å². The van der Waals surface area contributed by atoms with Crippen molar-refractivity contribution in [2.75, 3.05) is 11.9 Å². The molecule has 0 unspecified atom stereocenters. The summed E-state index contributed by atoms with van der Waals surface area (Å²) in [6, 6.07) is 3.93. The number of fused-ring (bicyclic) bond motifs is 2. The summed E-state index contributed by atoms with van der Waals surface area (Å²) in [6.45, 7) is 4.99. The molecule has 5 rings (SSSR count). The van der Waals surface area contributed by atoms with E-state index in [1.807, 2.05) is 26.0 Å². The first kappa shape index (κ1) is 18.3. The van der Waals surface area contributed by atoms with Crippen molar-refractivity contribution in [1.82, 2.24) is 34.5 Å². The Bertz CT molecular complexity index is 1250. The lowest BCUT2D eigenvalue weighted by Crippen LogP contribution is -2.07. The van der Waals surface area contributed by atoms with Crippen LogP contribution >= 0.6 is 27.5 Å². The van der Waals surface area contributed by atoms with Crippen LogP contribution in [0.5, 0.6) is 5.88 Å². The van der Waals surface area contributed by atoms with Crippen molar-refractivity contribution in [3.05, 3.63) is 39.5 Å². The fraction of sp³-hybridized carbons (Fsp3) is 0.278. The number of rotatable bonds is 1. The maximum absolute atomic E-state index is 6.21. The van der Waals surface area contributed by atoms with Crippen LogP contribution < -0.4 is 10.1 Å². The second-order valence-electron chi connectivity index (χ2n) is 6.71. The quantitative estimate of drug-likeness (QED) is 0.445. The third kappa shape index (κ3) is 3.12. The van der Waals surface area contributed by atoms with Crippen LogP contribution in [0.1, 0.15) is 17.8 Å². The van der Waals surface area contributed by atoms with Crippen LogP contribution in [-0.4, -0.2) is 41.1 Å². The van der Waals surface area contributed by atoms with Gasteiger partial charge in [0, 0.05) is 24.9 Å². The molecule has 148 valence electrons. The molecule has 5 heterocycles. The number of aryl methyl sites for hydroxylation is 3. The van der Waals surface area contributed by atoms with Gasteiger partial charge in [0.25, 0.3) is 5.88 Å². The van der Waals surface area contributed by atoms with E-state index >= 15 is 0 Å². The minimum absolute atomic E-state index is 0.390. The van der Waals surface area contributed by atoms with E-state index in [0.717, 1.165) is 23.5 Å². The van der Waals surface area contributed by atoms with E-state index in [1.54, 1.807) is 15.6 Å². The molecule has 2 bridgehead atoms. The van der Waals surface area contributed by atoms with E-state index in [9.17, 15) is 0 Å². The van der Waals surface area contributed by atoms with Gasteiger partial charge in [-0.25, -0.2) is 14.3 Å². The van der Waals surface area contributed by atoms with Gasteiger partial charge in [-0.1, -0.05) is 11.6 Å². The zero-order valence-corrected chi connectivity index (χ0v) is 18.0. The molecule has 0 spiro atoms. The molecule has 0 fully saturated rings. The number of halogens is 2. The number of hydrogen-bond donors (Lipinski definition) is 1. The molecule has 0 aromatic carbocycles. The average Bonchev–Trinajstić information content (AvgIpc) is 3.16. The number of anilines is 2. The predicted octanol–water partition coefficient (Wildman–Crippen LogP) is 3.97. The zero-order chi connectivity index (χ0) is 20.1. The number of ether oxygens (including phenoxy) is 1. The largest absolute Gasteiger partial charge is 0.475 e. The summed E-state index contributed by atoms with van der Waals surface area (Å²) in [4.78, 5) is 13.5. The Hall–Kier alpha value is -2.72. The molecular weight excluding hydrogens is 460 g/mol. The maximum atomic E-state index is 6.21. The molecular formula is C18H16BrClN8O. The molecule has 0 atom stereocenters. The fourth-order valence-corrected chi connectivity index (χ4v) is 4.04. The highest BCUT2D eigenvalue weighted by atomic mass is 79.9. The molecule has 0 aliphatic carbocycles. The lowest BCUT2D eigenvalue weighted by molar-refractivity contribution is 0.288. The molecule has 0 saturated heterocycles. The van der Waals surface area contributed by atoms with Gasteiger partial charge in [-0.05, 0) is 41.9 Å². The van der Waals surface area contributed by atoms with Crippen molar-refractivity contribution < 1.29 is 4.74 Å². The summed E-state index contributed by atoms with van der Waals surface area (Å²) in [5, 5.41) is 13.3. The standard InChI is InChI=1S/C18H16BrClN8O/c1-9-4-5-12(10(2)22-9)28-14(19)13-17(26-28)29-7-3-6-27-16-11(15(20)25-27)8-21-18(23-13)24-16/h4-5,8H,3,6-7H2,1-2H3,(H,21,23,24). The summed E-state index contributed by atoms with van der Waals surface area (Å²) in [5.41, 5.74) is 3.99. The maximum Gasteiger partial charge on any atom is 0.258 e. The Labute approximate surface area is 179 Å². The number of nitrogens with one attached hydrogen (secondary N) is 1. The molecule has 1 aliphatic rings. The van der Waals surface area contributed by atoms with Crippen molar-refractivity contribution >= 4 is 50.2 Å². The van der Waals surface area contributed by atoms with E-state index in [4.69, 9.17) is 16.3 Å². The number of aromatic nitrogens is 7. The number of hydrogen-bond acceptors (Lipinski definition) is 7. The van der Waals surface area contributed by atoms with E-state index < -0.39 is 0 Å². The van der Waals surface area contributed by atoms with Gasteiger partial charge >= 0.3 is 0 Å². The number of nitrogens with zero attached hydrogens (tertiary/aromatic N) is 7. The molecule has 1 N–H and O–H groups in total. The van der Waals surface area contributed by atoms with Crippen molar-refractivity contribution in [3.8, 4) is 11.6 Å². The number of pyridine rings is 1. The Morgan fingerprint density at radius 3 is 2.90 bits per heavy atom. The minimum Gasteiger partial charge on any atom is -0.475 e. The molecule has 1 aliphatic heterocycles. The van der Waals surface area contributed by atoms with Crippen molar-refractivity contribution in [1.29, 1.82) is 0 Å². The second-order valence-corrected chi connectivity index (χ2v) is 7.82. The van der Waals surface area contributed by atoms with Gasteiger partial charge in [0.05, 0.1) is 23.4 Å². The van der Waals surface area contributed by atoms with Gasteiger partial charge in [0.1, 0.15) is 10.3 Å². The van der Waals surface area contributed by atoms with E-state index in [1.165, 1.54) is 0 Å². The molecule has 11 heteroatoms. The lowest BCUT2D eigenvalue weighted by Gasteiger charge is -2.08. The SMILES string of the molecule is Cc1ccc(-n2nc3c(c2Br)Nc2ncc4c(Cl)nn(c4n2)CCCO3)c(C)n1. The van der Waals surface area contributed by atoms with E-state index in [-0.39, 0.29) is 0 Å². The first-order valence-electron chi connectivity index (χ1n) is 9.03. The van der Waals surface area contributed by atoms with Crippen LogP contribution in [0, 0.1) is 13.8 Å². The van der Waals surface area contributed by atoms with Crippen LogP contribution in [-0.2, 0) is 6.54 Å². The van der Waals surface area contributed by atoms with Crippen LogP contribution in [0.2, 0.25) is 5.15 Å². The van der Waals surface area contributed by atoms with Crippen molar-refractivity contribution in [2.24, 2.45) is 0 Å². The van der Waals surface area contributed by atoms with Crippen molar-refractivity contribution in [3.63, 3.8) is 0 Å². The van der Waals surface area contributed by atoms with Crippen LogP contribution in [0.15, 0.2) is 22.9 Å². The van der Waals surface area contributed by atoms with E-state index in [0.29, 0.717) is 51.5 Å². The summed E-state index contributed by atoms with van der Waals surface area (Å²) >= 11 is 9.86. The first-order chi connectivity index (χ1) is 14.0. The van der Waals surface area contributed by atoms with Gasteiger partial charge in [0.2, 0.25) is 5.95 Å². The third-order valence-electron chi connectivity index (χ3n) is 4.66. The average molecular weight is 476 g/mol. The summed E-state index contributed by atoms with van der Waals surface area (Å²) < 4.78 is 10.2. The normalized spacial score (nSPS) is 13.7. The topological polar surface area (TPSA) is 95.6 Å².